The van der Waals surface area contributed by atoms with E-state index >= 15 is 0 Å². The molecular weight excluding hydrogens is 346 g/mol. The number of aromatic nitrogens is 4. The second-order valence-corrected chi connectivity index (χ2v) is 6.58. The first-order chi connectivity index (χ1) is 11.9. The van der Waals surface area contributed by atoms with E-state index < -0.39 is 5.69 Å². The summed E-state index contributed by atoms with van der Waals surface area (Å²) in [7, 11) is 1.59. The first kappa shape index (κ1) is 19.2. The molecule has 1 atom stereocenters. The molecule has 25 heavy (non-hydrogen) atoms. The van der Waals surface area contributed by atoms with Gasteiger partial charge >= 0.3 is 5.69 Å². The van der Waals surface area contributed by atoms with Gasteiger partial charge in [0, 0.05) is 31.9 Å². The summed E-state index contributed by atoms with van der Waals surface area (Å²) in [6, 6.07) is 0. The van der Waals surface area contributed by atoms with Gasteiger partial charge in [0.1, 0.15) is 5.78 Å². The summed E-state index contributed by atoms with van der Waals surface area (Å²) in [5.41, 5.74) is -0.179. The number of anilines is 1. The first-order valence-corrected chi connectivity index (χ1v) is 8.90. The standard InChI is InChI=1S/C16H24ClN5O3/c1-10(11(2)23)6-4-5-9-22-14(24)12-13(21(3)16(22)25)20-15(19-12)18-8-7-17/h10H,4-9H2,1-3H3,(H2,18,19,20)/t10-/m1/s1. The highest BCUT2D eigenvalue weighted by atomic mass is 35.5. The molecule has 0 fully saturated rings. The van der Waals surface area contributed by atoms with E-state index in [1.165, 1.54) is 9.13 Å². The van der Waals surface area contributed by atoms with Gasteiger partial charge in [0.2, 0.25) is 5.95 Å². The number of nitrogens with zero attached hydrogens (tertiary/aromatic N) is 3. The molecule has 0 spiro atoms. The summed E-state index contributed by atoms with van der Waals surface area (Å²) in [5.74, 6) is 0.976. The minimum atomic E-state index is -0.396. The Morgan fingerprint density at radius 1 is 1.36 bits per heavy atom. The zero-order valence-corrected chi connectivity index (χ0v) is 15.5. The van der Waals surface area contributed by atoms with Gasteiger partial charge in [-0.05, 0) is 19.8 Å². The summed E-state index contributed by atoms with van der Waals surface area (Å²) in [6.45, 7) is 4.28. The van der Waals surface area contributed by atoms with Crippen molar-refractivity contribution in [2.75, 3.05) is 17.7 Å². The van der Waals surface area contributed by atoms with E-state index in [1.807, 2.05) is 6.92 Å². The Morgan fingerprint density at radius 3 is 2.72 bits per heavy atom. The first-order valence-electron chi connectivity index (χ1n) is 8.36. The number of nitrogens with one attached hydrogen (secondary N) is 2. The van der Waals surface area contributed by atoms with Crippen molar-refractivity contribution in [3.05, 3.63) is 20.8 Å². The number of unbranched alkanes of at least 4 members (excludes halogenated alkanes) is 1. The van der Waals surface area contributed by atoms with Gasteiger partial charge < -0.3 is 10.3 Å². The molecule has 0 aliphatic carbocycles. The van der Waals surface area contributed by atoms with Crippen LogP contribution < -0.4 is 16.6 Å². The van der Waals surface area contributed by atoms with E-state index in [0.717, 1.165) is 12.8 Å². The minimum Gasteiger partial charge on any atom is -0.355 e. The highest BCUT2D eigenvalue weighted by Crippen LogP contribution is 2.10. The fourth-order valence-electron chi connectivity index (χ4n) is 2.62. The molecule has 0 unspecified atom stereocenters. The van der Waals surface area contributed by atoms with E-state index in [1.54, 1.807) is 14.0 Å². The van der Waals surface area contributed by atoms with Gasteiger partial charge in [0.25, 0.3) is 5.56 Å². The summed E-state index contributed by atoms with van der Waals surface area (Å²) < 4.78 is 2.57. The summed E-state index contributed by atoms with van der Waals surface area (Å²) in [6.07, 6.45) is 2.19. The Hall–Kier alpha value is -2.09. The average molecular weight is 370 g/mol. The molecule has 2 aromatic heterocycles. The van der Waals surface area contributed by atoms with Gasteiger partial charge in [-0.1, -0.05) is 13.3 Å². The molecule has 138 valence electrons. The van der Waals surface area contributed by atoms with Crippen molar-refractivity contribution in [1.29, 1.82) is 0 Å². The topological polar surface area (TPSA) is 102 Å². The number of H-pyrrole nitrogens is 1. The molecule has 2 N–H and O–H groups in total. The minimum absolute atomic E-state index is 0.00482. The number of alkyl halides is 1. The molecule has 2 aromatic rings. The third-order valence-corrected chi connectivity index (χ3v) is 4.52. The van der Waals surface area contributed by atoms with Gasteiger partial charge in [-0.25, -0.2) is 4.79 Å². The molecule has 8 nitrogen and oxygen atoms in total. The molecule has 0 aliphatic heterocycles. The molecule has 0 amide bonds. The van der Waals surface area contributed by atoms with Crippen molar-refractivity contribution >= 4 is 34.5 Å². The molecule has 0 radical (unpaired) electrons. The Labute approximate surface area is 150 Å². The number of imidazole rings is 1. The highest BCUT2D eigenvalue weighted by molar-refractivity contribution is 6.18. The summed E-state index contributed by atoms with van der Waals surface area (Å²) in [5, 5.41) is 2.96. The number of aromatic amines is 1. The Bertz CT molecular complexity index is 867. The molecule has 0 aromatic carbocycles. The lowest BCUT2D eigenvalue weighted by molar-refractivity contribution is -0.120. The van der Waals surface area contributed by atoms with Crippen molar-refractivity contribution in [1.82, 2.24) is 19.1 Å². The highest BCUT2D eigenvalue weighted by Gasteiger charge is 2.15. The number of carbonyl (C=O) groups is 1. The van der Waals surface area contributed by atoms with Gasteiger partial charge in [-0.2, -0.15) is 4.98 Å². The number of rotatable bonds is 9. The maximum absolute atomic E-state index is 12.6. The van der Waals surface area contributed by atoms with Crippen LogP contribution in [0.4, 0.5) is 5.95 Å². The van der Waals surface area contributed by atoms with Crippen LogP contribution in [0, 0.1) is 5.92 Å². The lowest BCUT2D eigenvalue weighted by atomic mass is 10.0. The maximum atomic E-state index is 12.6. The molecule has 0 saturated carbocycles. The number of Topliss-reactive ketones (excluding diaryl/α,β-unsaturated/α-hetero) is 1. The summed E-state index contributed by atoms with van der Waals surface area (Å²) in [4.78, 5) is 43.4. The number of aryl methyl sites for hydroxylation is 1. The summed E-state index contributed by atoms with van der Waals surface area (Å²) >= 11 is 5.63. The fourth-order valence-corrected chi connectivity index (χ4v) is 2.71. The Kier molecular flexibility index (Phi) is 6.41. The van der Waals surface area contributed by atoms with Crippen molar-refractivity contribution in [2.45, 2.75) is 39.7 Å². The average Bonchev–Trinajstić information content (AvgIpc) is 3.01. The molecule has 0 saturated heterocycles. The monoisotopic (exact) mass is 369 g/mol. The van der Waals surface area contributed by atoms with E-state index in [-0.39, 0.29) is 22.8 Å². The smallest absolute Gasteiger partial charge is 0.332 e. The van der Waals surface area contributed by atoms with Crippen LogP contribution in [0.15, 0.2) is 9.59 Å². The zero-order chi connectivity index (χ0) is 18.6. The van der Waals surface area contributed by atoms with Crippen molar-refractivity contribution in [3.63, 3.8) is 0 Å². The van der Waals surface area contributed by atoms with Gasteiger partial charge in [-0.3, -0.25) is 18.7 Å². The third-order valence-electron chi connectivity index (χ3n) is 4.33. The van der Waals surface area contributed by atoms with Crippen LogP contribution in [0.2, 0.25) is 0 Å². The van der Waals surface area contributed by atoms with Crippen LogP contribution in [0.25, 0.3) is 11.2 Å². The number of hydrogen-bond acceptors (Lipinski definition) is 5. The predicted octanol–water partition coefficient (Wildman–Crippen LogP) is 1.47. The molecule has 0 bridgehead atoms. The van der Waals surface area contributed by atoms with E-state index in [4.69, 9.17) is 11.6 Å². The number of ketones is 1. The van der Waals surface area contributed by atoms with Crippen LogP contribution in [-0.4, -0.2) is 37.3 Å². The number of halogens is 1. The fraction of sp³-hybridized carbons (Fsp3) is 0.625. The quantitative estimate of drug-likeness (QED) is 0.514. The number of fused-ring (bicyclic) bond motifs is 1. The Morgan fingerprint density at radius 2 is 2.08 bits per heavy atom. The van der Waals surface area contributed by atoms with Crippen LogP contribution in [-0.2, 0) is 18.4 Å². The second kappa shape index (κ2) is 8.33. The molecular formula is C16H24ClN5O3. The van der Waals surface area contributed by atoms with Gasteiger partial charge in [-0.15, -0.1) is 11.6 Å². The van der Waals surface area contributed by atoms with Crippen molar-refractivity contribution in [2.24, 2.45) is 13.0 Å². The van der Waals surface area contributed by atoms with Crippen LogP contribution >= 0.6 is 11.6 Å². The lowest BCUT2D eigenvalue weighted by Crippen LogP contribution is -2.39. The molecule has 0 aliphatic rings. The SMILES string of the molecule is CC(=O)[C@H](C)CCCCn1c(=O)c2[nH]c(NCCCl)nc2n(C)c1=O. The van der Waals surface area contributed by atoms with Crippen LogP contribution in [0.5, 0.6) is 0 Å². The van der Waals surface area contributed by atoms with E-state index in [2.05, 4.69) is 15.3 Å². The maximum Gasteiger partial charge on any atom is 0.332 e. The van der Waals surface area contributed by atoms with Crippen LogP contribution in [0.3, 0.4) is 0 Å². The predicted molar refractivity (Wildman–Crippen MR) is 98.5 cm³/mol. The molecule has 2 rings (SSSR count). The largest absolute Gasteiger partial charge is 0.355 e. The van der Waals surface area contributed by atoms with Gasteiger partial charge in [0.05, 0.1) is 0 Å². The van der Waals surface area contributed by atoms with E-state index in [9.17, 15) is 14.4 Å². The van der Waals surface area contributed by atoms with E-state index in [0.29, 0.717) is 37.0 Å². The molecule has 2 heterocycles. The normalized spacial score (nSPS) is 12.5. The number of hydrogen-bond donors (Lipinski definition) is 2. The van der Waals surface area contributed by atoms with Crippen molar-refractivity contribution < 1.29 is 4.79 Å². The van der Waals surface area contributed by atoms with Gasteiger partial charge in [0.15, 0.2) is 11.2 Å². The van der Waals surface area contributed by atoms with Crippen molar-refractivity contribution in [3.8, 4) is 0 Å². The lowest BCUT2D eigenvalue weighted by Gasteiger charge is -2.09. The zero-order valence-electron chi connectivity index (χ0n) is 14.8. The van der Waals surface area contributed by atoms with Crippen LogP contribution in [0.1, 0.15) is 33.1 Å². The number of carbonyl (C=O) groups excluding carboxylic acids is 1. The molecule has 9 heteroatoms. The third kappa shape index (κ3) is 4.31. The second-order valence-electron chi connectivity index (χ2n) is 6.21. The Balaban J connectivity index is 2.21.